The van der Waals surface area contributed by atoms with Crippen LogP contribution in [-0.2, 0) is 22.4 Å². The second kappa shape index (κ2) is 8.49. The van der Waals surface area contributed by atoms with Crippen LogP contribution >= 0.6 is 0 Å². The standard InChI is InChI=1S/C21H28N2O3/c1-15-19(16(2)26-22-15)9-10-21(24)23-12-11-18(20(14-23)25-3)13-17-7-5-4-6-8-17/h4-8,18,20H,9-14H2,1-3H3/t18-,20+/m1/s1. The molecule has 1 fully saturated rings. The quantitative estimate of drug-likeness (QED) is 0.797. The van der Waals surface area contributed by atoms with Crippen molar-refractivity contribution in [3.05, 3.63) is 52.9 Å². The summed E-state index contributed by atoms with van der Waals surface area (Å²) in [6.45, 7) is 5.30. The first kappa shape index (κ1) is 18.6. The summed E-state index contributed by atoms with van der Waals surface area (Å²) in [6.07, 6.45) is 3.24. The summed E-state index contributed by atoms with van der Waals surface area (Å²) in [5.41, 5.74) is 3.27. The number of aryl methyl sites for hydroxylation is 2. The number of methoxy groups -OCH3 is 1. The summed E-state index contributed by atoms with van der Waals surface area (Å²) in [5, 5.41) is 3.96. The maximum atomic E-state index is 12.7. The van der Waals surface area contributed by atoms with Crippen LogP contribution in [0.5, 0.6) is 0 Å². The second-order valence-electron chi connectivity index (χ2n) is 7.16. The predicted octanol–water partition coefficient (Wildman–Crippen LogP) is 3.33. The molecule has 0 aliphatic carbocycles. The molecule has 1 saturated heterocycles. The largest absolute Gasteiger partial charge is 0.379 e. The molecule has 0 bridgehead atoms. The highest BCUT2D eigenvalue weighted by Gasteiger charge is 2.31. The van der Waals surface area contributed by atoms with Crippen LogP contribution in [0.3, 0.4) is 0 Å². The molecular weight excluding hydrogens is 328 g/mol. The van der Waals surface area contributed by atoms with E-state index in [1.165, 1.54) is 5.56 Å². The van der Waals surface area contributed by atoms with Crippen molar-refractivity contribution in [3.8, 4) is 0 Å². The Morgan fingerprint density at radius 2 is 2.08 bits per heavy atom. The van der Waals surface area contributed by atoms with Crippen molar-refractivity contribution < 1.29 is 14.1 Å². The average molecular weight is 356 g/mol. The number of amides is 1. The Morgan fingerprint density at radius 1 is 1.31 bits per heavy atom. The molecule has 5 nitrogen and oxygen atoms in total. The number of nitrogens with zero attached hydrogens (tertiary/aromatic N) is 2. The Labute approximate surface area is 155 Å². The van der Waals surface area contributed by atoms with Crippen LogP contribution in [0.25, 0.3) is 0 Å². The van der Waals surface area contributed by atoms with Gasteiger partial charge in [-0.3, -0.25) is 4.79 Å². The number of hydrogen-bond acceptors (Lipinski definition) is 4. The van der Waals surface area contributed by atoms with Crippen molar-refractivity contribution >= 4 is 5.91 Å². The number of piperidine rings is 1. The maximum Gasteiger partial charge on any atom is 0.222 e. The highest BCUT2D eigenvalue weighted by molar-refractivity contribution is 5.76. The highest BCUT2D eigenvalue weighted by Crippen LogP contribution is 2.25. The van der Waals surface area contributed by atoms with E-state index in [0.717, 1.165) is 36.4 Å². The van der Waals surface area contributed by atoms with Gasteiger partial charge in [0.1, 0.15) is 5.76 Å². The van der Waals surface area contributed by atoms with Crippen molar-refractivity contribution in [2.75, 3.05) is 20.2 Å². The molecule has 0 saturated carbocycles. The number of carbonyl (C=O) groups excluding carboxylic acids is 1. The number of ether oxygens (including phenoxy) is 1. The van der Waals surface area contributed by atoms with Crippen molar-refractivity contribution in [3.63, 3.8) is 0 Å². The van der Waals surface area contributed by atoms with E-state index in [4.69, 9.17) is 9.26 Å². The third kappa shape index (κ3) is 4.33. The molecule has 1 aromatic carbocycles. The lowest BCUT2D eigenvalue weighted by atomic mass is 9.87. The monoisotopic (exact) mass is 356 g/mol. The Hall–Kier alpha value is -2.14. The number of benzene rings is 1. The lowest BCUT2D eigenvalue weighted by molar-refractivity contribution is -0.136. The summed E-state index contributed by atoms with van der Waals surface area (Å²) < 4.78 is 10.9. The third-order valence-corrected chi connectivity index (χ3v) is 5.46. The van der Waals surface area contributed by atoms with Crippen LogP contribution in [0, 0.1) is 19.8 Å². The third-order valence-electron chi connectivity index (χ3n) is 5.46. The van der Waals surface area contributed by atoms with Crippen LogP contribution in [0.4, 0.5) is 0 Å². The molecule has 1 amide bonds. The SMILES string of the molecule is CO[C@H]1CN(C(=O)CCc2c(C)noc2C)CC[C@@H]1Cc1ccccc1. The van der Waals surface area contributed by atoms with Crippen molar-refractivity contribution in [1.82, 2.24) is 10.1 Å². The predicted molar refractivity (Wildman–Crippen MR) is 99.9 cm³/mol. The van der Waals surface area contributed by atoms with Crippen LogP contribution in [0.1, 0.15) is 35.4 Å². The minimum Gasteiger partial charge on any atom is -0.379 e. The topological polar surface area (TPSA) is 55.6 Å². The smallest absolute Gasteiger partial charge is 0.222 e. The van der Waals surface area contributed by atoms with E-state index in [1.807, 2.05) is 24.8 Å². The number of rotatable bonds is 6. The fourth-order valence-electron chi connectivity index (χ4n) is 3.86. The van der Waals surface area contributed by atoms with Gasteiger partial charge in [-0.05, 0) is 44.6 Å². The molecule has 5 heteroatoms. The van der Waals surface area contributed by atoms with E-state index in [2.05, 4.69) is 29.4 Å². The molecule has 1 aromatic heterocycles. The first-order valence-corrected chi connectivity index (χ1v) is 9.34. The van der Waals surface area contributed by atoms with Crippen molar-refractivity contribution in [2.45, 2.75) is 45.6 Å². The Kier molecular flexibility index (Phi) is 6.09. The van der Waals surface area contributed by atoms with Crippen LogP contribution in [-0.4, -0.2) is 42.3 Å². The molecule has 1 aliphatic heterocycles. The van der Waals surface area contributed by atoms with E-state index in [0.29, 0.717) is 25.3 Å². The van der Waals surface area contributed by atoms with Gasteiger partial charge in [0.15, 0.2) is 0 Å². The highest BCUT2D eigenvalue weighted by atomic mass is 16.5. The number of carbonyl (C=O) groups is 1. The number of likely N-dealkylation sites (tertiary alicyclic amines) is 1. The molecule has 0 unspecified atom stereocenters. The van der Waals surface area contributed by atoms with Crippen LogP contribution in [0.15, 0.2) is 34.9 Å². The lowest BCUT2D eigenvalue weighted by Gasteiger charge is -2.38. The van der Waals surface area contributed by atoms with E-state index < -0.39 is 0 Å². The van der Waals surface area contributed by atoms with Gasteiger partial charge in [-0.1, -0.05) is 35.5 Å². The van der Waals surface area contributed by atoms with Crippen molar-refractivity contribution in [1.29, 1.82) is 0 Å². The summed E-state index contributed by atoms with van der Waals surface area (Å²) in [6, 6.07) is 10.5. The van der Waals surface area contributed by atoms with Gasteiger partial charge in [0.05, 0.1) is 11.8 Å². The Morgan fingerprint density at radius 3 is 2.73 bits per heavy atom. The van der Waals surface area contributed by atoms with Crippen molar-refractivity contribution in [2.24, 2.45) is 5.92 Å². The van der Waals surface area contributed by atoms with Gasteiger partial charge in [-0.15, -0.1) is 0 Å². The van der Waals surface area contributed by atoms with E-state index >= 15 is 0 Å². The first-order valence-electron chi connectivity index (χ1n) is 9.34. The molecule has 140 valence electrons. The van der Waals surface area contributed by atoms with Crippen LogP contribution < -0.4 is 0 Å². The maximum absolute atomic E-state index is 12.7. The van der Waals surface area contributed by atoms with E-state index in [1.54, 1.807) is 7.11 Å². The Balaban J connectivity index is 1.55. The molecule has 2 aromatic rings. The van der Waals surface area contributed by atoms with Gasteiger partial charge in [0.25, 0.3) is 0 Å². The summed E-state index contributed by atoms with van der Waals surface area (Å²) >= 11 is 0. The van der Waals surface area contributed by atoms with Gasteiger partial charge < -0.3 is 14.2 Å². The molecule has 1 aliphatic rings. The zero-order valence-electron chi connectivity index (χ0n) is 15.9. The van der Waals surface area contributed by atoms with Gasteiger partial charge >= 0.3 is 0 Å². The van der Waals surface area contributed by atoms with E-state index in [9.17, 15) is 4.79 Å². The van der Waals surface area contributed by atoms with Crippen LogP contribution in [0.2, 0.25) is 0 Å². The summed E-state index contributed by atoms with van der Waals surface area (Å²) in [7, 11) is 1.75. The van der Waals surface area contributed by atoms with E-state index in [-0.39, 0.29) is 12.0 Å². The van der Waals surface area contributed by atoms with Gasteiger partial charge in [0, 0.05) is 32.2 Å². The Bertz CT molecular complexity index is 707. The minimum atomic E-state index is 0.0898. The molecule has 2 atom stereocenters. The molecule has 0 spiro atoms. The summed E-state index contributed by atoms with van der Waals surface area (Å²) in [5.74, 6) is 1.45. The zero-order chi connectivity index (χ0) is 18.5. The molecule has 0 N–H and O–H groups in total. The van der Waals surface area contributed by atoms with Gasteiger partial charge in [-0.25, -0.2) is 0 Å². The average Bonchev–Trinajstić information content (AvgIpc) is 2.98. The fraction of sp³-hybridized carbons (Fsp3) is 0.524. The fourth-order valence-corrected chi connectivity index (χ4v) is 3.86. The molecule has 26 heavy (non-hydrogen) atoms. The first-order chi connectivity index (χ1) is 12.6. The number of aromatic nitrogens is 1. The molecule has 2 heterocycles. The minimum absolute atomic E-state index is 0.0898. The zero-order valence-corrected chi connectivity index (χ0v) is 15.9. The molecule has 0 radical (unpaired) electrons. The lowest BCUT2D eigenvalue weighted by Crippen LogP contribution is -2.48. The van der Waals surface area contributed by atoms with Gasteiger partial charge in [0.2, 0.25) is 5.91 Å². The molecular formula is C21H28N2O3. The number of hydrogen-bond donors (Lipinski definition) is 0. The van der Waals surface area contributed by atoms with Gasteiger partial charge in [-0.2, -0.15) is 0 Å². The molecule has 3 rings (SSSR count). The summed E-state index contributed by atoms with van der Waals surface area (Å²) in [4.78, 5) is 14.6. The second-order valence-corrected chi connectivity index (χ2v) is 7.16. The normalized spacial score (nSPS) is 20.3.